The predicted molar refractivity (Wildman–Crippen MR) is 121 cm³/mol. The number of carbonyl (C=O) groups is 2. The van der Waals surface area contributed by atoms with Crippen molar-refractivity contribution in [3.63, 3.8) is 0 Å². The van der Waals surface area contributed by atoms with Gasteiger partial charge >= 0.3 is 0 Å². The van der Waals surface area contributed by atoms with Gasteiger partial charge in [0.15, 0.2) is 0 Å². The maximum absolute atomic E-state index is 12.5. The van der Waals surface area contributed by atoms with Gasteiger partial charge in [-0.3, -0.25) is 14.5 Å². The number of para-hydroxylation sites is 1. The molecule has 0 atom stereocenters. The first-order chi connectivity index (χ1) is 14.5. The molecule has 2 aromatic carbocycles. The van der Waals surface area contributed by atoms with E-state index in [-0.39, 0.29) is 11.8 Å². The largest absolute Gasteiger partial charge is 0.497 e. The van der Waals surface area contributed by atoms with Crippen molar-refractivity contribution in [3.05, 3.63) is 53.6 Å². The number of ether oxygens (including phenoxy) is 1. The lowest BCUT2D eigenvalue weighted by Gasteiger charge is -2.34. The summed E-state index contributed by atoms with van der Waals surface area (Å²) in [4.78, 5) is 29.8. The highest BCUT2D eigenvalue weighted by Gasteiger charge is 2.22. The predicted octanol–water partition coefficient (Wildman–Crippen LogP) is 3.61. The summed E-state index contributed by atoms with van der Waals surface area (Å²) in [7, 11) is 1.64. The maximum atomic E-state index is 12.5. The second kappa shape index (κ2) is 11.2. The fourth-order valence-corrected chi connectivity index (χ4v) is 4.22. The summed E-state index contributed by atoms with van der Waals surface area (Å²) in [6.45, 7) is 2.96. The molecule has 1 saturated heterocycles. The average molecular weight is 448 g/mol. The SMILES string of the molecule is COc1ccc(SCCC(=O)N2CCN(CC(=O)Nc3ccccc3Cl)CC2)cc1. The number of rotatable bonds is 8. The van der Waals surface area contributed by atoms with E-state index in [9.17, 15) is 9.59 Å². The van der Waals surface area contributed by atoms with Crippen molar-refractivity contribution in [1.29, 1.82) is 0 Å². The number of carbonyl (C=O) groups excluding carboxylic acids is 2. The molecule has 8 heteroatoms. The molecule has 160 valence electrons. The van der Waals surface area contributed by atoms with Crippen molar-refractivity contribution >= 4 is 40.9 Å². The summed E-state index contributed by atoms with van der Waals surface area (Å²) in [5.41, 5.74) is 0.618. The summed E-state index contributed by atoms with van der Waals surface area (Å²) in [5.74, 6) is 1.63. The second-order valence-electron chi connectivity index (χ2n) is 6.96. The molecule has 0 spiro atoms. The van der Waals surface area contributed by atoms with Gasteiger partial charge in [0, 0.05) is 43.2 Å². The van der Waals surface area contributed by atoms with E-state index >= 15 is 0 Å². The third-order valence-corrected chi connectivity index (χ3v) is 6.23. The molecule has 0 aromatic heterocycles. The lowest BCUT2D eigenvalue weighted by atomic mass is 10.2. The lowest BCUT2D eigenvalue weighted by molar-refractivity contribution is -0.132. The number of halogens is 1. The molecular weight excluding hydrogens is 422 g/mol. The molecule has 1 aliphatic rings. The van der Waals surface area contributed by atoms with Gasteiger partial charge in [-0.2, -0.15) is 0 Å². The van der Waals surface area contributed by atoms with Gasteiger partial charge in [-0.1, -0.05) is 23.7 Å². The third-order valence-electron chi connectivity index (χ3n) is 4.88. The number of nitrogens with zero attached hydrogens (tertiary/aromatic N) is 2. The molecule has 1 aliphatic heterocycles. The zero-order chi connectivity index (χ0) is 21.3. The molecule has 0 radical (unpaired) electrons. The van der Waals surface area contributed by atoms with Gasteiger partial charge in [-0.05, 0) is 36.4 Å². The molecule has 1 heterocycles. The van der Waals surface area contributed by atoms with Gasteiger partial charge in [-0.25, -0.2) is 0 Å². The van der Waals surface area contributed by atoms with Crippen LogP contribution >= 0.6 is 23.4 Å². The Morgan fingerprint density at radius 1 is 1.07 bits per heavy atom. The van der Waals surface area contributed by atoms with Gasteiger partial charge in [0.25, 0.3) is 0 Å². The molecule has 1 fully saturated rings. The van der Waals surface area contributed by atoms with E-state index in [1.807, 2.05) is 41.3 Å². The molecule has 1 N–H and O–H groups in total. The van der Waals surface area contributed by atoms with Crippen LogP contribution in [0.4, 0.5) is 5.69 Å². The standard InChI is InChI=1S/C22H26ClN3O3S/c1-29-17-6-8-18(9-7-17)30-15-10-22(28)26-13-11-25(12-14-26)16-21(27)24-20-5-3-2-4-19(20)23/h2-9H,10-16H2,1H3,(H,24,27). The Kier molecular flexibility index (Phi) is 8.42. The second-order valence-corrected chi connectivity index (χ2v) is 8.53. The van der Waals surface area contributed by atoms with Gasteiger partial charge in [0.2, 0.25) is 11.8 Å². The van der Waals surface area contributed by atoms with Crippen LogP contribution in [-0.2, 0) is 9.59 Å². The Labute approximate surface area is 186 Å². The summed E-state index contributed by atoms with van der Waals surface area (Å²) in [6.07, 6.45) is 0.504. The van der Waals surface area contributed by atoms with Crippen molar-refractivity contribution in [1.82, 2.24) is 9.80 Å². The Bertz CT molecular complexity index is 855. The first kappa shape index (κ1) is 22.5. The molecule has 30 heavy (non-hydrogen) atoms. The summed E-state index contributed by atoms with van der Waals surface area (Å²) in [6, 6.07) is 15.0. The Balaban J connectivity index is 1.35. The topological polar surface area (TPSA) is 61.9 Å². The van der Waals surface area contributed by atoms with Crippen molar-refractivity contribution in [2.24, 2.45) is 0 Å². The van der Waals surface area contributed by atoms with Gasteiger partial charge < -0.3 is 15.0 Å². The van der Waals surface area contributed by atoms with E-state index in [4.69, 9.17) is 16.3 Å². The monoisotopic (exact) mass is 447 g/mol. The normalized spacial score (nSPS) is 14.4. The Morgan fingerprint density at radius 2 is 1.77 bits per heavy atom. The van der Waals surface area contributed by atoms with Crippen LogP contribution in [0.1, 0.15) is 6.42 Å². The van der Waals surface area contributed by atoms with Crippen LogP contribution in [0.3, 0.4) is 0 Å². The minimum Gasteiger partial charge on any atom is -0.497 e. The molecule has 0 saturated carbocycles. The summed E-state index contributed by atoms with van der Waals surface area (Å²) >= 11 is 7.75. The first-order valence-corrected chi connectivity index (χ1v) is 11.2. The Hall–Kier alpha value is -2.22. The minimum absolute atomic E-state index is 0.0984. The maximum Gasteiger partial charge on any atom is 0.238 e. The van der Waals surface area contributed by atoms with Crippen molar-refractivity contribution in [2.75, 3.05) is 50.9 Å². The highest BCUT2D eigenvalue weighted by atomic mass is 35.5. The highest BCUT2D eigenvalue weighted by molar-refractivity contribution is 7.99. The number of nitrogens with one attached hydrogen (secondary N) is 1. The van der Waals surface area contributed by atoms with E-state index in [0.29, 0.717) is 49.9 Å². The van der Waals surface area contributed by atoms with Gasteiger partial charge in [-0.15, -0.1) is 11.8 Å². The average Bonchev–Trinajstić information content (AvgIpc) is 2.76. The van der Waals surface area contributed by atoms with E-state index in [1.54, 1.807) is 31.0 Å². The van der Waals surface area contributed by atoms with Crippen molar-refractivity contribution < 1.29 is 14.3 Å². The molecule has 0 aliphatic carbocycles. The number of anilines is 1. The zero-order valence-electron chi connectivity index (χ0n) is 17.0. The van der Waals surface area contributed by atoms with Crippen LogP contribution in [0.15, 0.2) is 53.4 Å². The van der Waals surface area contributed by atoms with Crippen molar-refractivity contribution in [3.8, 4) is 5.75 Å². The lowest BCUT2D eigenvalue weighted by Crippen LogP contribution is -2.50. The number of hydrogen-bond donors (Lipinski definition) is 1. The Morgan fingerprint density at radius 3 is 2.43 bits per heavy atom. The zero-order valence-corrected chi connectivity index (χ0v) is 18.5. The van der Waals surface area contributed by atoms with E-state index in [1.165, 1.54) is 0 Å². The highest BCUT2D eigenvalue weighted by Crippen LogP contribution is 2.22. The van der Waals surface area contributed by atoms with E-state index in [0.717, 1.165) is 16.4 Å². The molecule has 0 bridgehead atoms. The van der Waals surface area contributed by atoms with Gasteiger partial charge in [0.05, 0.1) is 24.4 Å². The third kappa shape index (κ3) is 6.65. The molecule has 3 rings (SSSR count). The number of methoxy groups -OCH3 is 1. The number of benzene rings is 2. The number of thioether (sulfide) groups is 1. The van der Waals surface area contributed by atoms with E-state index in [2.05, 4.69) is 10.2 Å². The van der Waals surface area contributed by atoms with E-state index < -0.39 is 0 Å². The molecule has 0 unspecified atom stereocenters. The number of hydrogen-bond acceptors (Lipinski definition) is 5. The first-order valence-electron chi connectivity index (χ1n) is 9.86. The van der Waals surface area contributed by atoms with Gasteiger partial charge in [0.1, 0.15) is 5.75 Å². The quantitative estimate of drug-likeness (QED) is 0.626. The molecule has 2 aromatic rings. The van der Waals surface area contributed by atoms with Crippen LogP contribution in [0.5, 0.6) is 5.75 Å². The summed E-state index contributed by atoms with van der Waals surface area (Å²) < 4.78 is 5.15. The fraction of sp³-hybridized carbons (Fsp3) is 0.364. The van der Waals surface area contributed by atoms with Crippen LogP contribution < -0.4 is 10.1 Å². The molecule has 2 amide bonds. The minimum atomic E-state index is -0.0984. The van der Waals surface area contributed by atoms with Crippen LogP contribution in [0.25, 0.3) is 0 Å². The molecular formula is C22H26ClN3O3S. The fourth-order valence-electron chi connectivity index (χ4n) is 3.20. The van der Waals surface area contributed by atoms with Crippen molar-refractivity contribution in [2.45, 2.75) is 11.3 Å². The number of piperazine rings is 1. The van der Waals surface area contributed by atoms with Crippen LogP contribution in [-0.4, -0.2) is 67.2 Å². The number of amides is 2. The van der Waals surface area contributed by atoms with Crippen LogP contribution in [0, 0.1) is 0 Å². The molecule has 6 nitrogen and oxygen atoms in total. The smallest absolute Gasteiger partial charge is 0.238 e. The van der Waals surface area contributed by atoms with Crippen LogP contribution in [0.2, 0.25) is 5.02 Å². The summed E-state index contributed by atoms with van der Waals surface area (Å²) in [5, 5.41) is 3.36.